The van der Waals surface area contributed by atoms with Crippen LogP contribution >= 0.6 is 0 Å². The molecular weight excluding hydrogens is 326 g/mol. The van der Waals surface area contributed by atoms with Gasteiger partial charge in [0.25, 0.3) is 5.95 Å². The Morgan fingerprint density at radius 3 is 2.77 bits per heavy atom. The molecule has 6 nitrogen and oxygen atoms in total. The van der Waals surface area contributed by atoms with E-state index in [1.165, 1.54) is 22.4 Å². The lowest BCUT2D eigenvalue weighted by Gasteiger charge is -2.31. The molecule has 0 saturated carbocycles. The fraction of sp³-hybridized carbons (Fsp3) is 0.450. The van der Waals surface area contributed by atoms with Crippen LogP contribution in [0, 0.1) is 6.92 Å². The normalized spacial score (nSPS) is 17.8. The van der Waals surface area contributed by atoms with Crippen molar-refractivity contribution in [3.63, 3.8) is 0 Å². The number of piperidine rings is 1. The van der Waals surface area contributed by atoms with Crippen LogP contribution in [-0.4, -0.2) is 33.4 Å². The zero-order chi connectivity index (χ0) is 18.1. The highest BCUT2D eigenvalue weighted by atomic mass is 16.5. The third-order valence-electron chi connectivity index (χ3n) is 5.07. The molecule has 0 radical (unpaired) electrons. The summed E-state index contributed by atoms with van der Waals surface area (Å²) >= 11 is 0. The van der Waals surface area contributed by atoms with Crippen LogP contribution in [0.5, 0.6) is 0 Å². The molecular formula is C20H25N5O. The molecule has 1 atom stereocenters. The third-order valence-corrected chi connectivity index (χ3v) is 5.07. The van der Waals surface area contributed by atoms with Crippen LogP contribution in [0.3, 0.4) is 0 Å². The molecule has 0 spiro atoms. The van der Waals surface area contributed by atoms with Crippen LogP contribution in [0.4, 0.5) is 5.95 Å². The highest BCUT2D eigenvalue weighted by molar-refractivity contribution is 5.66. The average Bonchev–Trinajstić information content (AvgIpc) is 3.32. The highest BCUT2D eigenvalue weighted by Crippen LogP contribution is 2.34. The molecule has 1 unspecified atom stereocenters. The second-order valence-electron chi connectivity index (χ2n) is 7.44. The number of aryl methyl sites for hydroxylation is 1. The van der Waals surface area contributed by atoms with Crippen molar-refractivity contribution in [2.24, 2.45) is 0 Å². The summed E-state index contributed by atoms with van der Waals surface area (Å²) < 4.78 is 5.39. The highest BCUT2D eigenvalue weighted by Gasteiger charge is 2.27. The van der Waals surface area contributed by atoms with Crippen molar-refractivity contribution in [3.8, 4) is 11.1 Å². The molecule has 1 saturated heterocycles. The largest absolute Gasteiger partial charge is 0.338 e. The number of aromatic amines is 1. The predicted octanol–water partition coefficient (Wildman–Crippen LogP) is 4.28. The van der Waals surface area contributed by atoms with E-state index in [0.29, 0.717) is 17.8 Å². The lowest BCUT2D eigenvalue weighted by Crippen LogP contribution is -2.35. The first-order valence-corrected chi connectivity index (χ1v) is 9.30. The number of hydrogen-bond donors (Lipinski definition) is 1. The van der Waals surface area contributed by atoms with E-state index in [9.17, 15) is 0 Å². The molecule has 4 rings (SSSR count). The van der Waals surface area contributed by atoms with Crippen LogP contribution in [0.1, 0.15) is 55.7 Å². The van der Waals surface area contributed by atoms with E-state index in [1.807, 2.05) is 6.20 Å². The quantitative estimate of drug-likeness (QED) is 0.760. The molecule has 1 aromatic carbocycles. The molecule has 2 aromatic heterocycles. The van der Waals surface area contributed by atoms with Gasteiger partial charge in [0, 0.05) is 36.2 Å². The second kappa shape index (κ2) is 6.94. The lowest BCUT2D eigenvalue weighted by atomic mass is 9.90. The third kappa shape index (κ3) is 3.23. The van der Waals surface area contributed by atoms with Gasteiger partial charge in [0.1, 0.15) is 0 Å². The molecule has 1 N–H and O–H groups in total. The Hall–Kier alpha value is -2.63. The van der Waals surface area contributed by atoms with E-state index in [0.717, 1.165) is 25.9 Å². The van der Waals surface area contributed by atoms with Gasteiger partial charge in [0.2, 0.25) is 5.89 Å². The first-order chi connectivity index (χ1) is 12.6. The molecule has 0 aliphatic carbocycles. The maximum atomic E-state index is 5.39. The van der Waals surface area contributed by atoms with Crippen LogP contribution < -0.4 is 4.90 Å². The number of benzene rings is 1. The van der Waals surface area contributed by atoms with Gasteiger partial charge < -0.3 is 9.42 Å². The van der Waals surface area contributed by atoms with E-state index < -0.39 is 0 Å². The minimum absolute atomic E-state index is 0.248. The number of anilines is 1. The van der Waals surface area contributed by atoms with E-state index in [1.54, 1.807) is 0 Å². The van der Waals surface area contributed by atoms with Gasteiger partial charge in [-0.1, -0.05) is 43.7 Å². The van der Waals surface area contributed by atoms with Crippen molar-refractivity contribution in [2.45, 2.75) is 45.4 Å². The summed E-state index contributed by atoms with van der Waals surface area (Å²) in [4.78, 5) is 6.79. The molecule has 3 aromatic rings. The SMILES string of the molecule is Cc1ccc(-c2cn[nH]c2C2CCCN(c3noc(C(C)C)n3)C2)cc1. The summed E-state index contributed by atoms with van der Waals surface area (Å²) in [5.74, 6) is 2.03. The second-order valence-corrected chi connectivity index (χ2v) is 7.44. The first kappa shape index (κ1) is 16.8. The molecule has 1 fully saturated rings. The van der Waals surface area contributed by atoms with Crippen molar-refractivity contribution >= 4 is 5.95 Å². The zero-order valence-electron chi connectivity index (χ0n) is 15.6. The summed E-state index contributed by atoms with van der Waals surface area (Å²) in [5.41, 5.74) is 4.86. The van der Waals surface area contributed by atoms with Gasteiger partial charge in [-0.15, -0.1) is 0 Å². The van der Waals surface area contributed by atoms with E-state index >= 15 is 0 Å². The Kier molecular flexibility index (Phi) is 4.49. The number of nitrogens with zero attached hydrogens (tertiary/aromatic N) is 4. The molecule has 6 heteroatoms. The Bertz CT molecular complexity index is 864. The number of aromatic nitrogens is 4. The maximum absolute atomic E-state index is 5.39. The maximum Gasteiger partial charge on any atom is 0.266 e. The van der Waals surface area contributed by atoms with Gasteiger partial charge >= 0.3 is 0 Å². The molecule has 26 heavy (non-hydrogen) atoms. The Labute approximate surface area is 153 Å². The van der Waals surface area contributed by atoms with Crippen molar-refractivity contribution in [3.05, 3.63) is 47.6 Å². The molecule has 0 bridgehead atoms. The topological polar surface area (TPSA) is 70.8 Å². The Balaban J connectivity index is 1.57. The smallest absolute Gasteiger partial charge is 0.266 e. The predicted molar refractivity (Wildman–Crippen MR) is 101 cm³/mol. The van der Waals surface area contributed by atoms with Gasteiger partial charge in [0.05, 0.1) is 6.20 Å². The number of rotatable bonds is 4. The number of hydrogen-bond acceptors (Lipinski definition) is 5. The summed E-state index contributed by atoms with van der Waals surface area (Å²) in [6.45, 7) is 8.07. The molecule has 3 heterocycles. The molecule has 0 amide bonds. The Morgan fingerprint density at radius 2 is 2.04 bits per heavy atom. The van der Waals surface area contributed by atoms with Crippen LogP contribution in [-0.2, 0) is 0 Å². The van der Waals surface area contributed by atoms with Gasteiger partial charge in [-0.3, -0.25) is 5.10 Å². The molecule has 1 aliphatic heterocycles. The van der Waals surface area contributed by atoms with Gasteiger partial charge in [-0.25, -0.2) is 0 Å². The minimum Gasteiger partial charge on any atom is -0.338 e. The van der Waals surface area contributed by atoms with Crippen molar-refractivity contribution in [1.29, 1.82) is 0 Å². The molecule has 136 valence electrons. The van der Waals surface area contributed by atoms with E-state index in [2.05, 4.69) is 70.3 Å². The fourth-order valence-electron chi connectivity index (χ4n) is 3.55. The molecule has 1 aliphatic rings. The van der Waals surface area contributed by atoms with E-state index in [4.69, 9.17) is 4.52 Å². The van der Waals surface area contributed by atoms with E-state index in [-0.39, 0.29) is 5.92 Å². The van der Waals surface area contributed by atoms with Crippen molar-refractivity contribution < 1.29 is 4.52 Å². The van der Waals surface area contributed by atoms with Gasteiger partial charge in [-0.2, -0.15) is 10.1 Å². The summed E-state index contributed by atoms with van der Waals surface area (Å²) in [6.07, 6.45) is 4.17. The fourth-order valence-corrected chi connectivity index (χ4v) is 3.55. The number of H-pyrrole nitrogens is 1. The Morgan fingerprint density at radius 1 is 1.23 bits per heavy atom. The van der Waals surface area contributed by atoms with Crippen molar-refractivity contribution in [1.82, 2.24) is 20.3 Å². The lowest BCUT2D eigenvalue weighted by molar-refractivity contribution is 0.363. The number of nitrogens with one attached hydrogen (secondary N) is 1. The van der Waals surface area contributed by atoms with Crippen LogP contribution in [0.2, 0.25) is 0 Å². The summed E-state index contributed by atoms with van der Waals surface area (Å²) in [6, 6.07) is 8.62. The monoisotopic (exact) mass is 351 g/mol. The summed E-state index contributed by atoms with van der Waals surface area (Å²) in [7, 11) is 0. The standard InChI is InChI=1S/C20H25N5O/c1-13(2)19-22-20(24-26-19)25-10-4-5-16(12-25)18-17(11-21-23-18)15-8-6-14(3)7-9-15/h6-9,11,13,16H,4-5,10,12H2,1-3H3,(H,21,23). The zero-order valence-corrected chi connectivity index (χ0v) is 15.6. The van der Waals surface area contributed by atoms with Crippen molar-refractivity contribution in [2.75, 3.05) is 18.0 Å². The van der Waals surface area contributed by atoms with Gasteiger partial charge in [0.15, 0.2) is 0 Å². The first-order valence-electron chi connectivity index (χ1n) is 9.30. The average molecular weight is 351 g/mol. The minimum atomic E-state index is 0.248. The van der Waals surface area contributed by atoms with Crippen LogP contribution in [0.15, 0.2) is 35.0 Å². The van der Waals surface area contributed by atoms with Gasteiger partial charge in [-0.05, 0) is 30.5 Å². The summed E-state index contributed by atoms with van der Waals surface area (Å²) in [5, 5.41) is 11.8. The van der Waals surface area contributed by atoms with Crippen LogP contribution in [0.25, 0.3) is 11.1 Å².